The van der Waals surface area contributed by atoms with Crippen LogP contribution in [0.25, 0.3) is 16.0 Å². The molecule has 4 fully saturated rings. The van der Waals surface area contributed by atoms with Crippen LogP contribution >= 0.6 is 11.3 Å². The summed E-state index contributed by atoms with van der Waals surface area (Å²) in [5.41, 5.74) is 7.38. The molecule has 2 atom stereocenters. The van der Waals surface area contributed by atoms with E-state index in [0.29, 0.717) is 48.2 Å². The van der Waals surface area contributed by atoms with Crippen LogP contribution in [0.4, 0.5) is 21.5 Å². The highest BCUT2D eigenvalue weighted by atomic mass is 32.2. The molecule has 16 nitrogen and oxygen atoms in total. The van der Waals surface area contributed by atoms with Crippen molar-refractivity contribution in [1.82, 2.24) is 24.5 Å². The van der Waals surface area contributed by atoms with Crippen molar-refractivity contribution in [3.05, 3.63) is 129 Å². The number of benzene rings is 4. The fourth-order valence-electron chi connectivity index (χ4n) is 13.0. The van der Waals surface area contributed by atoms with Gasteiger partial charge in [-0.3, -0.25) is 14.6 Å². The third-order valence-corrected chi connectivity index (χ3v) is 20.0. The predicted octanol–water partition coefficient (Wildman–Crippen LogP) is 9.91. The molecule has 2 aromatic heterocycles. The first-order valence-corrected chi connectivity index (χ1v) is 30.4. The number of hydrogen-bond acceptors (Lipinski definition) is 15. The topological polar surface area (TPSA) is 186 Å². The first-order chi connectivity index (χ1) is 38.4. The zero-order valence-corrected chi connectivity index (χ0v) is 48.2. The summed E-state index contributed by atoms with van der Waals surface area (Å²) in [5.74, 6) is 0.233. The molecule has 0 bridgehead atoms. The number of pyridine rings is 1. The minimum atomic E-state index is -4.65. The number of methoxy groups -OCH3 is 2. The number of piperidine rings is 1. The third kappa shape index (κ3) is 11.4. The SMILES string of the molecule is COc1ccc(CN2CCN(C3CC4(CCN(c5ccc(C(=O)NS(=O)(=O)c6cc([NH+](C)[O-])c(NC[C@H]7CC[C@](C)(O)CC7)c7ncsc67)c(Oc6cc7c(nc6OC)CC=C7F)c5)CC4)C3)C(c3ccccc3C(C)C)C2)cc1. The second kappa shape index (κ2) is 22.6. The van der Waals surface area contributed by atoms with Gasteiger partial charge in [-0.05, 0) is 129 Å². The minimum absolute atomic E-state index is 0.0246. The summed E-state index contributed by atoms with van der Waals surface area (Å²) in [6.45, 7) is 12.3. The number of nitrogens with zero attached hydrogens (tertiary/aromatic N) is 5. The number of anilines is 2. The maximum Gasteiger partial charge on any atom is 0.268 e. The number of carbonyl (C=O) groups excluding carboxylic acids is 1. The predicted molar refractivity (Wildman–Crippen MR) is 311 cm³/mol. The lowest BCUT2D eigenvalue weighted by molar-refractivity contribution is -0.750. The van der Waals surface area contributed by atoms with E-state index in [-0.39, 0.29) is 72.6 Å². The number of hydroxylamine groups is 1. The van der Waals surface area contributed by atoms with Gasteiger partial charge in [-0.25, -0.2) is 27.5 Å². The Morgan fingerprint density at radius 2 is 1.71 bits per heavy atom. The second-order valence-corrected chi connectivity index (χ2v) is 25.8. The number of thiazole rings is 1. The number of fused-ring (bicyclic) bond motifs is 2. The summed E-state index contributed by atoms with van der Waals surface area (Å²) < 4.78 is 64.3. The number of aliphatic hydroxyl groups is 1. The highest BCUT2D eigenvalue weighted by Gasteiger charge is 2.50. The summed E-state index contributed by atoms with van der Waals surface area (Å²) in [6, 6.07) is 26.0. The van der Waals surface area contributed by atoms with E-state index in [1.165, 1.54) is 54.6 Å². The highest BCUT2D eigenvalue weighted by molar-refractivity contribution is 7.90. The Hall–Kier alpha value is -6.19. The average molecular weight is 1130 g/mol. The number of ether oxygens (including phenoxy) is 3. The van der Waals surface area contributed by atoms with Crippen molar-refractivity contribution in [2.24, 2.45) is 11.3 Å². The van der Waals surface area contributed by atoms with Gasteiger partial charge in [0.2, 0.25) is 0 Å². The van der Waals surface area contributed by atoms with E-state index < -0.39 is 27.4 Å². The maximum absolute atomic E-state index is 15.1. The zero-order chi connectivity index (χ0) is 56.1. The van der Waals surface area contributed by atoms with Gasteiger partial charge < -0.3 is 39.8 Å². The van der Waals surface area contributed by atoms with E-state index in [2.05, 4.69) is 85.0 Å². The van der Waals surface area contributed by atoms with E-state index >= 15 is 4.39 Å². The Labute approximate surface area is 472 Å². The normalized spacial score (nSPS) is 22.0. The van der Waals surface area contributed by atoms with Crippen LogP contribution in [0, 0.1) is 16.5 Å². The zero-order valence-electron chi connectivity index (χ0n) is 46.5. The monoisotopic (exact) mass is 1130 g/mol. The van der Waals surface area contributed by atoms with E-state index in [1.807, 2.05) is 25.1 Å². The molecular weight excluding hydrogens is 1060 g/mol. The van der Waals surface area contributed by atoms with Crippen molar-refractivity contribution in [3.63, 3.8) is 0 Å². The van der Waals surface area contributed by atoms with Gasteiger partial charge in [0.1, 0.15) is 33.4 Å². The van der Waals surface area contributed by atoms with Crippen molar-refractivity contribution in [2.45, 2.75) is 114 Å². The molecule has 4 heterocycles. The molecule has 1 amide bonds. The van der Waals surface area contributed by atoms with Crippen LogP contribution in [0.1, 0.15) is 122 Å². The smallest absolute Gasteiger partial charge is 0.268 e. The molecule has 6 aromatic rings. The second-order valence-electron chi connectivity index (χ2n) is 23.3. The van der Waals surface area contributed by atoms with Gasteiger partial charge >= 0.3 is 0 Å². The van der Waals surface area contributed by atoms with E-state index in [4.69, 9.17) is 14.2 Å². The average Bonchev–Trinajstić information content (AvgIpc) is 4.09. The maximum atomic E-state index is 15.1. The van der Waals surface area contributed by atoms with Gasteiger partial charge in [-0.2, -0.15) is 0 Å². The molecule has 424 valence electrons. The van der Waals surface area contributed by atoms with E-state index in [9.17, 15) is 23.5 Å². The Bertz CT molecular complexity index is 3400. The first kappa shape index (κ1) is 55.7. The lowest BCUT2D eigenvalue weighted by Crippen LogP contribution is -2.98. The Kier molecular flexibility index (Phi) is 15.8. The molecular formula is C61H73FN8O8S2. The molecule has 11 rings (SSSR count). The number of carbonyl (C=O) groups is 1. The standard InChI is InChI=1S/C61H73FN8O8S2/c1-38(2)44-9-7-8-10-45(44)51-36-68(35-40-11-14-43(76-5)15-12-40)27-28-70(51)42-32-61(33-42)23-25-69(26-24-61)41-13-16-46(52(29-41)78-53-30-47-48(62)17-18-49(47)65-59(53)77-6)58(71)66-80(74,75)54-31-50(67(4)73)55(56-57(54)79-37-64-56)63-34-39-19-21-60(3,72)22-20-39/h7-17,29-31,37-39,42,51,63,67,72H,18-28,32-36H2,1-6H3,(H,66,71)/t39-,51?,60-. The van der Waals surface area contributed by atoms with Crippen LogP contribution in [0.3, 0.4) is 0 Å². The van der Waals surface area contributed by atoms with Crippen LogP contribution in [-0.4, -0.2) is 111 Å². The minimum Gasteiger partial charge on any atom is -0.629 e. The number of nitrogens with one attached hydrogen (secondary N) is 3. The van der Waals surface area contributed by atoms with Gasteiger partial charge in [0.25, 0.3) is 21.8 Å². The largest absolute Gasteiger partial charge is 0.629 e. The Balaban J connectivity index is 0.825. The first-order valence-electron chi connectivity index (χ1n) is 28.1. The van der Waals surface area contributed by atoms with Crippen molar-refractivity contribution in [1.29, 1.82) is 0 Å². The number of aromatic nitrogens is 2. The van der Waals surface area contributed by atoms with Crippen LogP contribution in [0.15, 0.2) is 95.3 Å². The Morgan fingerprint density at radius 1 is 0.963 bits per heavy atom. The van der Waals surface area contributed by atoms with E-state index in [1.54, 1.807) is 19.2 Å². The number of hydrogen-bond donors (Lipinski definition) is 4. The molecule has 1 spiro atoms. The van der Waals surface area contributed by atoms with Crippen LogP contribution in [0.2, 0.25) is 0 Å². The summed E-state index contributed by atoms with van der Waals surface area (Å²) in [5, 5.41) is 26.8. The number of quaternary nitrogens is 1. The third-order valence-electron chi connectivity index (χ3n) is 17.7. The van der Waals surface area contributed by atoms with Crippen molar-refractivity contribution in [3.8, 4) is 23.1 Å². The number of piperazine rings is 1. The van der Waals surface area contributed by atoms with Crippen molar-refractivity contribution < 1.29 is 42.0 Å². The lowest BCUT2D eigenvalue weighted by atomic mass is 9.59. The number of halogens is 1. The molecule has 0 radical (unpaired) electrons. The summed E-state index contributed by atoms with van der Waals surface area (Å²) in [6.07, 6.45) is 8.81. The van der Waals surface area contributed by atoms with Crippen molar-refractivity contribution in [2.75, 3.05) is 70.8 Å². The molecule has 19 heteroatoms. The van der Waals surface area contributed by atoms with Gasteiger partial charge in [-0.1, -0.05) is 50.2 Å². The Morgan fingerprint density at radius 3 is 2.42 bits per heavy atom. The van der Waals surface area contributed by atoms with Gasteiger partial charge in [0.15, 0.2) is 11.4 Å². The molecule has 80 heavy (non-hydrogen) atoms. The fourth-order valence-corrected chi connectivity index (χ4v) is 15.2. The molecule has 2 saturated heterocycles. The van der Waals surface area contributed by atoms with Gasteiger partial charge in [0, 0.05) is 87.7 Å². The number of rotatable bonds is 17. The summed E-state index contributed by atoms with van der Waals surface area (Å²) >= 11 is 1.09. The fraction of sp³-hybridized carbons (Fsp3) is 0.459. The van der Waals surface area contributed by atoms with Crippen LogP contribution in [-0.2, 0) is 23.0 Å². The number of amides is 1. The van der Waals surface area contributed by atoms with Crippen LogP contribution < -0.4 is 34.2 Å². The molecule has 3 aliphatic carbocycles. The molecule has 2 unspecified atom stereocenters. The number of allylic oxidation sites excluding steroid dienone is 1. The molecule has 2 saturated carbocycles. The van der Waals surface area contributed by atoms with Gasteiger partial charge in [0.05, 0.1) is 48.3 Å². The molecule has 5 aliphatic rings. The molecule has 4 aromatic carbocycles. The lowest BCUT2D eigenvalue weighted by Gasteiger charge is -2.58. The quantitative estimate of drug-likeness (QED) is 0.0633. The van der Waals surface area contributed by atoms with E-state index in [0.717, 1.165) is 101 Å². The summed E-state index contributed by atoms with van der Waals surface area (Å²) in [4.78, 5) is 31.0. The van der Waals surface area contributed by atoms with Crippen LogP contribution in [0.5, 0.6) is 23.1 Å². The van der Waals surface area contributed by atoms with Crippen molar-refractivity contribution >= 4 is 60.4 Å². The molecule has 4 N–H and O–H groups in total. The summed E-state index contributed by atoms with van der Waals surface area (Å²) in [7, 11) is -0.154. The molecule has 2 aliphatic heterocycles. The van der Waals surface area contributed by atoms with Gasteiger partial charge in [-0.15, -0.1) is 11.3 Å². The number of sulfonamides is 1. The highest BCUT2D eigenvalue weighted by Crippen LogP contribution is 2.54.